The van der Waals surface area contributed by atoms with Crippen LogP contribution in [0.25, 0.3) is 0 Å². The van der Waals surface area contributed by atoms with E-state index in [-0.39, 0.29) is 21.7 Å². The van der Waals surface area contributed by atoms with Crippen LogP contribution in [0.2, 0.25) is 36.3 Å². The quantitative estimate of drug-likeness (QED) is 0.514. The lowest BCUT2D eigenvalue weighted by atomic mass is 9.95. The zero-order valence-electron chi connectivity index (χ0n) is 22.8. The van der Waals surface area contributed by atoms with Crippen LogP contribution < -0.4 is 11.2 Å². The Labute approximate surface area is 201 Å². The first-order chi connectivity index (χ1) is 14.8. The van der Waals surface area contributed by atoms with Crippen molar-refractivity contribution in [1.29, 1.82) is 0 Å². The predicted octanol–water partition coefficient (Wildman–Crippen LogP) is 5.32. The first-order valence-corrected chi connectivity index (χ1v) is 17.9. The molecule has 9 heteroatoms. The van der Waals surface area contributed by atoms with Crippen LogP contribution in [0.4, 0.5) is 0 Å². The van der Waals surface area contributed by atoms with Crippen molar-refractivity contribution < 1.29 is 13.6 Å². The van der Waals surface area contributed by atoms with E-state index in [9.17, 15) is 9.59 Å². The number of aryl methyl sites for hydroxylation is 1. The van der Waals surface area contributed by atoms with E-state index in [1.54, 1.807) is 13.1 Å². The van der Waals surface area contributed by atoms with Crippen LogP contribution in [-0.2, 0) is 13.6 Å². The molecule has 33 heavy (non-hydrogen) atoms. The number of H-pyrrole nitrogens is 1. The molecule has 0 bridgehead atoms. The normalized spacial score (nSPS) is 25.0. The maximum Gasteiger partial charge on any atom is 0.330 e. The fraction of sp³-hybridized carbons (Fsp3) is 0.833. The highest BCUT2D eigenvalue weighted by molar-refractivity contribution is 6.74. The van der Waals surface area contributed by atoms with Crippen LogP contribution in [0.15, 0.2) is 15.8 Å². The highest BCUT2D eigenvalue weighted by Gasteiger charge is 2.54. The zero-order chi connectivity index (χ0) is 25.6. The van der Waals surface area contributed by atoms with Crippen molar-refractivity contribution in [3.8, 4) is 0 Å². The number of ether oxygens (including phenoxy) is 1. The second-order valence-electron chi connectivity index (χ2n) is 12.6. The number of hydrogen-bond donors (Lipinski definition) is 1. The van der Waals surface area contributed by atoms with E-state index in [4.69, 9.17) is 13.6 Å². The van der Waals surface area contributed by atoms with E-state index in [0.717, 1.165) is 0 Å². The van der Waals surface area contributed by atoms with E-state index in [0.29, 0.717) is 25.0 Å². The molecular formula is C24H46N2O5Si2. The molecule has 1 saturated heterocycles. The van der Waals surface area contributed by atoms with Gasteiger partial charge in [0.25, 0.3) is 5.56 Å². The van der Waals surface area contributed by atoms with Gasteiger partial charge in [0.2, 0.25) is 0 Å². The van der Waals surface area contributed by atoms with Crippen LogP contribution in [0.5, 0.6) is 0 Å². The predicted molar refractivity (Wildman–Crippen MR) is 139 cm³/mol. The largest absolute Gasteiger partial charge is 0.414 e. The Balaban J connectivity index is 2.49. The second kappa shape index (κ2) is 9.22. The van der Waals surface area contributed by atoms with Gasteiger partial charge in [-0.3, -0.25) is 14.3 Å². The third-order valence-electron chi connectivity index (χ3n) is 8.15. The summed E-state index contributed by atoms with van der Waals surface area (Å²) in [6.07, 6.45) is 2.10. The summed E-state index contributed by atoms with van der Waals surface area (Å²) >= 11 is 0. The van der Waals surface area contributed by atoms with Gasteiger partial charge in [-0.05, 0) is 49.6 Å². The van der Waals surface area contributed by atoms with E-state index >= 15 is 0 Å². The highest BCUT2D eigenvalue weighted by atomic mass is 28.4. The van der Waals surface area contributed by atoms with E-state index in [1.165, 1.54) is 4.57 Å². The van der Waals surface area contributed by atoms with Gasteiger partial charge >= 0.3 is 5.69 Å². The van der Waals surface area contributed by atoms with Crippen molar-refractivity contribution in [2.75, 3.05) is 6.61 Å². The minimum Gasteiger partial charge on any atom is -0.414 e. The molecule has 2 rings (SSSR count). The highest BCUT2D eigenvalue weighted by Crippen LogP contribution is 2.47. The van der Waals surface area contributed by atoms with Crippen LogP contribution >= 0.6 is 0 Å². The number of aromatic nitrogens is 2. The smallest absolute Gasteiger partial charge is 0.330 e. The second-order valence-corrected chi connectivity index (χ2v) is 22.2. The van der Waals surface area contributed by atoms with Crippen molar-refractivity contribution in [3.63, 3.8) is 0 Å². The summed E-state index contributed by atoms with van der Waals surface area (Å²) in [6, 6.07) is 0. The minimum absolute atomic E-state index is 0.0380. The molecular weight excluding hydrogens is 452 g/mol. The monoisotopic (exact) mass is 498 g/mol. The Morgan fingerprint density at radius 3 is 2.12 bits per heavy atom. The zero-order valence-corrected chi connectivity index (χ0v) is 24.8. The van der Waals surface area contributed by atoms with Gasteiger partial charge in [-0.25, -0.2) is 4.79 Å². The standard InChI is InChI=1S/C24H46N2O5Si2/c1-13-24(16-29-32(9,10)22(3,4)5)18(31-33(11,12)23(6,7)8)14-19(30-24)26-15-17(2)20(27)25-21(26)28/h15,18-19H,13-14,16H2,1-12H3,(H,25,27,28)/t18-,19+,24+/m0/s1. The van der Waals surface area contributed by atoms with E-state index in [2.05, 4.69) is 79.6 Å². The maximum absolute atomic E-state index is 12.6. The van der Waals surface area contributed by atoms with Gasteiger partial charge in [-0.1, -0.05) is 48.5 Å². The molecule has 2 heterocycles. The topological polar surface area (TPSA) is 82.5 Å². The molecule has 1 aromatic rings. The molecule has 1 N–H and O–H groups in total. The third-order valence-corrected chi connectivity index (χ3v) is 17.1. The van der Waals surface area contributed by atoms with E-state index < -0.39 is 34.2 Å². The lowest BCUT2D eigenvalue weighted by Crippen LogP contribution is -2.54. The summed E-state index contributed by atoms with van der Waals surface area (Å²) < 4.78 is 21.8. The van der Waals surface area contributed by atoms with Crippen LogP contribution in [0, 0.1) is 6.92 Å². The molecule has 0 spiro atoms. The average Bonchev–Trinajstić information content (AvgIpc) is 2.99. The molecule has 7 nitrogen and oxygen atoms in total. The molecule has 0 aliphatic carbocycles. The van der Waals surface area contributed by atoms with Gasteiger partial charge in [0.15, 0.2) is 16.6 Å². The molecule has 0 unspecified atom stereocenters. The van der Waals surface area contributed by atoms with Gasteiger partial charge in [-0.2, -0.15) is 0 Å². The molecule has 1 aliphatic rings. The van der Waals surface area contributed by atoms with Gasteiger partial charge in [-0.15, -0.1) is 0 Å². The number of hydrogen-bond acceptors (Lipinski definition) is 5. The van der Waals surface area contributed by atoms with Crippen LogP contribution in [-0.4, -0.2) is 44.5 Å². The molecule has 1 fully saturated rings. The van der Waals surface area contributed by atoms with Gasteiger partial charge in [0.1, 0.15) is 11.8 Å². The minimum atomic E-state index is -2.12. The third kappa shape index (κ3) is 5.81. The summed E-state index contributed by atoms with van der Waals surface area (Å²) in [5, 5.41) is 0.110. The lowest BCUT2D eigenvalue weighted by molar-refractivity contribution is -0.124. The van der Waals surface area contributed by atoms with Crippen molar-refractivity contribution in [1.82, 2.24) is 9.55 Å². The fourth-order valence-corrected chi connectivity index (χ4v) is 5.92. The summed E-state index contributed by atoms with van der Waals surface area (Å²) in [4.78, 5) is 27.0. The Morgan fingerprint density at radius 2 is 1.64 bits per heavy atom. The van der Waals surface area contributed by atoms with Crippen molar-refractivity contribution in [2.24, 2.45) is 0 Å². The lowest BCUT2D eigenvalue weighted by Gasteiger charge is -2.44. The molecule has 0 radical (unpaired) electrons. The Kier molecular flexibility index (Phi) is 7.89. The van der Waals surface area contributed by atoms with Gasteiger partial charge in [0.05, 0.1) is 12.7 Å². The molecule has 190 valence electrons. The number of nitrogens with zero attached hydrogens (tertiary/aromatic N) is 1. The van der Waals surface area contributed by atoms with Crippen molar-refractivity contribution >= 4 is 16.6 Å². The molecule has 0 saturated carbocycles. The number of nitrogens with one attached hydrogen (secondary N) is 1. The average molecular weight is 499 g/mol. The van der Waals surface area contributed by atoms with Crippen LogP contribution in [0.1, 0.15) is 73.1 Å². The van der Waals surface area contributed by atoms with Gasteiger partial charge in [0, 0.05) is 18.2 Å². The Hall–Kier alpha value is -1.01. The molecule has 0 aromatic carbocycles. The molecule has 1 aromatic heterocycles. The van der Waals surface area contributed by atoms with E-state index in [1.807, 2.05) is 0 Å². The first-order valence-electron chi connectivity index (χ1n) is 12.1. The van der Waals surface area contributed by atoms with Crippen LogP contribution in [0.3, 0.4) is 0 Å². The molecule has 0 amide bonds. The number of aromatic amines is 1. The SMILES string of the molecule is CC[C@]1(CO[Si](C)(C)C(C)(C)C)O[C@@H](n2cc(C)c(=O)[nH]c2=O)C[C@@H]1O[Si](C)(C)C(C)(C)C. The maximum atomic E-state index is 12.6. The van der Waals surface area contributed by atoms with Gasteiger partial charge < -0.3 is 13.6 Å². The number of rotatable bonds is 7. The van der Waals surface area contributed by atoms with Crippen molar-refractivity contribution in [2.45, 2.75) is 122 Å². The molecule has 3 atom stereocenters. The summed E-state index contributed by atoms with van der Waals surface area (Å²) in [6.45, 7) is 26.5. The Bertz CT molecular complexity index is 955. The fourth-order valence-electron chi connectivity index (χ4n) is 3.51. The molecule has 1 aliphatic heterocycles. The first kappa shape index (κ1) is 28.2. The van der Waals surface area contributed by atoms with Crippen molar-refractivity contribution in [3.05, 3.63) is 32.6 Å². The summed E-state index contributed by atoms with van der Waals surface area (Å²) in [5.74, 6) is 0. The summed E-state index contributed by atoms with van der Waals surface area (Å²) in [5.41, 5.74) is -1.02. The Morgan fingerprint density at radius 1 is 1.09 bits per heavy atom. The summed E-state index contributed by atoms with van der Waals surface area (Å²) in [7, 11) is -4.15.